The number of nitrogens with zero attached hydrogens (tertiary/aromatic N) is 2. The summed E-state index contributed by atoms with van der Waals surface area (Å²) in [5.41, 5.74) is 1.20. The van der Waals surface area contributed by atoms with E-state index in [1.807, 2.05) is 6.92 Å². The Morgan fingerprint density at radius 2 is 2.25 bits per heavy atom. The molecule has 0 fully saturated rings. The van der Waals surface area contributed by atoms with Gasteiger partial charge < -0.3 is 10.1 Å². The van der Waals surface area contributed by atoms with Gasteiger partial charge in [-0.3, -0.25) is 0 Å². The standard InChI is InChI=1S/C11H17N3O2/c1-4-6-9-8(10(15)16-5-2)7-13-11(12-3)14-9/h7H,4-6H2,1-3H3,(H,12,13,14). The van der Waals surface area contributed by atoms with Crippen molar-refractivity contribution in [3.05, 3.63) is 17.5 Å². The Morgan fingerprint density at radius 3 is 2.81 bits per heavy atom. The number of aryl methyl sites for hydroxylation is 1. The third-order valence-corrected chi connectivity index (χ3v) is 2.07. The highest BCUT2D eigenvalue weighted by Crippen LogP contribution is 2.11. The number of rotatable bonds is 5. The lowest BCUT2D eigenvalue weighted by molar-refractivity contribution is 0.0524. The van der Waals surface area contributed by atoms with Crippen LogP contribution in [0.2, 0.25) is 0 Å². The Morgan fingerprint density at radius 1 is 1.50 bits per heavy atom. The zero-order valence-electron chi connectivity index (χ0n) is 9.91. The van der Waals surface area contributed by atoms with Gasteiger partial charge in [-0.2, -0.15) is 0 Å². The van der Waals surface area contributed by atoms with Crippen LogP contribution in [0.1, 0.15) is 36.3 Å². The number of hydrogen-bond donors (Lipinski definition) is 1. The van der Waals surface area contributed by atoms with Gasteiger partial charge in [0.15, 0.2) is 0 Å². The summed E-state index contributed by atoms with van der Waals surface area (Å²) in [5.74, 6) is 0.171. The van der Waals surface area contributed by atoms with Crippen molar-refractivity contribution in [3.8, 4) is 0 Å². The van der Waals surface area contributed by atoms with E-state index in [1.54, 1.807) is 14.0 Å². The molecule has 1 N–H and O–H groups in total. The van der Waals surface area contributed by atoms with Crippen LogP contribution >= 0.6 is 0 Å². The second-order valence-electron chi connectivity index (χ2n) is 3.27. The van der Waals surface area contributed by atoms with Gasteiger partial charge in [0.25, 0.3) is 0 Å². The Hall–Kier alpha value is -1.65. The first-order valence-electron chi connectivity index (χ1n) is 5.43. The zero-order valence-corrected chi connectivity index (χ0v) is 9.91. The molecule has 1 rings (SSSR count). The predicted molar refractivity (Wildman–Crippen MR) is 61.5 cm³/mol. The molecule has 0 aliphatic rings. The van der Waals surface area contributed by atoms with E-state index >= 15 is 0 Å². The molecule has 5 heteroatoms. The number of esters is 1. The second kappa shape index (κ2) is 6.05. The van der Waals surface area contributed by atoms with Gasteiger partial charge in [0, 0.05) is 13.2 Å². The summed E-state index contributed by atoms with van der Waals surface area (Å²) >= 11 is 0. The number of aromatic nitrogens is 2. The maximum absolute atomic E-state index is 11.6. The number of carbonyl (C=O) groups excluding carboxylic acids is 1. The average molecular weight is 223 g/mol. The van der Waals surface area contributed by atoms with E-state index in [0.29, 0.717) is 18.1 Å². The fourth-order valence-electron chi connectivity index (χ4n) is 1.34. The highest BCUT2D eigenvalue weighted by molar-refractivity contribution is 5.90. The molecule has 0 amide bonds. The molecule has 5 nitrogen and oxygen atoms in total. The van der Waals surface area contributed by atoms with Gasteiger partial charge in [0.2, 0.25) is 5.95 Å². The van der Waals surface area contributed by atoms with E-state index in [-0.39, 0.29) is 5.97 Å². The van der Waals surface area contributed by atoms with Gasteiger partial charge in [0.1, 0.15) is 0 Å². The number of hydrogen-bond acceptors (Lipinski definition) is 5. The molecule has 0 saturated carbocycles. The van der Waals surface area contributed by atoms with Crippen molar-refractivity contribution >= 4 is 11.9 Å². The van der Waals surface area contributed by atoms with Crippen LogP contribution in [0, 0.1) is 0 Å². The third kappa shape index (κ3) is 2.92. The molecule has 0 aromatic carbocycles. The molecule has 1 aromatic heterocycles. The van der Waals surface area contributed by atoms with Crippen molar-refractivity contribution in [2.45, 2.75) is 26.7 Å². The summed E-state index contributed by atoms with van der Waals surface area (Å²) in [6.45, 7) is 4.18. The van der Waals surface area contributed by atoms with E-state index in [0.717, 1.165) is 18.5 Å². The van der Waals surface area contributed by atoms with Crippen LogP contribution in [-0.4, -0.2) is 29.6 Å². The molecule has 0 atom stereocenters. The SMILES string of the molecule is CCCc1nc(NC)ncc1C(=O)OCC. The van der Waals surface area contributed by atoms with Crippen molar-refractivity contribution < 1.29 is 9.53 Å². The van der Waals surface area contributed by atoms with Crippen molar-refractivity contribution in [2.75, 3.05) is 19.0 Å². The van der Waals surface area contributed by atoms with Crippen LogP contribution in [0.5, 0.6) is 0 Å². The van der Waals surface area contributed by atoms with E-state index in [1.165, 1.54) is 6.20 Å². The van der Waals surface area contributed by atoms with Crippen LogP contribution in [0.3, 0.4) is 0 Å². The van der Waals surface area contributed by atoms with E-state index < -0.39 is 0 Å². The lowest BCUT2D eigenvalue weighted by Gasteiger charge is -2.08. The van der Waals surface area contributed by atoms with Crippen LogP contribution in [-0.2, 0) is 11.2 Å². The summed E-state index contributed by atoms with van der Waals surface area (Å²) in [6.07, 6.45) is 3.18. The molecule has 0 unspecified atom stereocenters. The minimum atomic E-state index is -0.353. The summed E-state index contributed by atoms with van der Waals surface area (Å²) in [5, 5.41) is 2.85. The number of nitrogens with one attached hydrogen (secondary N) is 1. The van der Waals surface area contributed by atoms with Gasteiger partial charge >= 0.3 is 5.97 Å². The molecule has 1 heterocycles. The highest BCUT2D eigenvalue weighted by Gasteiger charge is 2.14. The third-order valence-electron chi connectivity index (χ3n) is 2.07. The molecule has 0 saturated heterocycles. The molecule has 0 aliphatic carbocycles. The van der Waals surface area contributed by atoms with Gasteiger partial charge in [-0.15, -0.1) is 0 Å². The number of ether oxygens (including phenoxy) is 1. The van der Waals surface area contributed by atoms with Crippen molar-refractivity contribution in [2.24, 2.45) is 0 Å². The van der Waals surface area contributed by atoms with E-state index in [9.17, 15) is 4.79 Å². The molecule has 88 valence electrons. The lowest BCUT2D eigenvalue weighted by atomic mass is 10.1. The van der Waals surface area contributed by atoms with Crippen molar-refractivity contribution in [3.63, 3.8) is 0 Å². The average Bonchev–Trinajstić information content (AvgIpc) is 2.29. The Bertz CT molecular complexity index is 366. The predicted octanol–water partition coefficient (Wildman–Crippen LogP) is 1.65. The second-order valence-corrected chi connectivity index (χ2v) is 3.27. The molecule has 0 bridgehead atoms. The smallest absolute Gasteiger partial charge is 0.341 e. The molecule has 0 aliphatic heterocycles. The van der Waals surface area contributed by atoms with E-state index in [2.05, 4.69) is 15.3 Å². The maximum atomic E-state index is 11.6. The van der Waals surface area contributed by atoms with Crippen molar-refractivity contribution in [1.29, 1.82) is 0 Å². The Balaban J connectivity index is 3.01. The molecule has 1 aromatic rings. The quantitative estimate of drug-likeness (QED) is 0.769. The van der Waals surface area contributed by atoms with Crippen LogP contribution in [0.25, 0.3) is 0 Å². The topological polar surface area (TPSA) is 64.1 Å². The largest absolute Gasteiger partial charge is 0.462 e. The molecule has 16 heavy (non-hydrogen) atoms. The molecular weight excluding hydrogens is 206 g/mol. The zero-order chi connectivity index (χ0) is 12.0. The van der Waals surface area contributed by atoms with E-state index in [4.69, 9.17) is 4.74 Å². The van der Waals surface area contributed by atoms with Gasteiger partial charge in [-0.25, -0.2) is 14.8 Å². The summed E-state index contributed by atoms with van der Waals surface area (Å²) < 4.78 is 4.95. The summed E-state index contributed by atoms with van der Waals surface area (Å²) in [7, 11) is 1.75. The summed E-state index contributed by atoms with van der Waals surface area (Å²) in [4.78, 5) is 19.9. The first-order valence-corrected chi connectivity index (χ1v) is 5.43. The fourth-order valence-corrected chi connectivity index (χ4v) is 1.34. The first kappa shape index (κ1) is 12.4. The van der Waals surface area contributed by atoms with Crippen LogP contribution < -0.4 is 5.32 Å². The number of anilines is 1. The monoisotopic (exact) mass is 223 g/mol. The molecule has 0 spiro atoms. The minimum absolute atomic E-state index is 0.353. The maximum Gasteiger partial charge on any atom is 0.341 e. The van der Waals surface area contributed by atoms with Crippen LogP contribution in [0.15, 0.2) is 6.20 Å². The lowest BCUT2D eigenvalue weighted by Crippen LogP contribution is -2.12. The molecule has 0 radical (unpaired) electrons. The Labute approximate surface area is 95.3 Å². The van der Waals surface area contributed by atoms with Gasteiger partial charge in [-0.05, 0) is 13.3 Å². The Kier molecular flexibility index (Phi) is 4.69. The normalized spacial score (nSPS) is 9.94. The van der Waals surface area contributed by atoms with Crippen LogP contribution in [0.4, 0.5) is 5.95 Å². The fraction of sp³-hybridized carbons (Fsp3) is 0.545. The highest BCUT2D eigenvalue weighted by atomic mass is 16.5. The number of carbonyl (C=O) groups is 1. The summed E-state index contributed by atoms with van der Waals surface area (Å²) in [6, 6.07) is 0. The molecular formula is C11H17N3O2. The van der Waals surface area contributed by atoms with Gasteiger partial charge in [-0.1, -0.05) is 13.3 Å². The minimum Gasteiger partial charge on any atom is -0.462 e. The first-order chi connectivity index (χ1) is 7.72. The van der Waals surface area contributed by atoms with Crippen molar-refractivity contribution in [1.82, 2.24) is 9.97 Å². The van der Waals surface area contributed by atoms with Gasteiger partial charge in [0.05, 0.1) is 17.9 Å².